The average Bonchev–Trinajstić information content (AvgIpc) is 2.46. The molecule has 1 unspecified atom stereocenters. The number of aryl methyl sites for hydroxylation is 1. The van der Waals surface area contributed by atoms with Gasteiger partial charge in [0, 0.05) is 13.2 Å². The van der Waals surface area contributed by atoms with Crippen LogP contribution < -0.4 is 0 Å². The summed E-state index contributed by atoms with van der Waals surface area (Å²) in [5.74, 6) is -0.110. The molecule has 0 aromatic heterocycles. The predicted octanol–water partition coefficient (Wildman–Crippen LogP) is 1.69. The van der Waals surface area contributed by atoms with Crippen LogP contribution in [0, 0.1) is 12.8 Å². The van der Waals surface area contributed by atoms with E-state index in [0.717, 1.165) is 5.56 Å². The minimum absolute atomic E-state index is 0.0713. The number of benzene rings is 1. The first-order valence-electron chi connectivity index (χ1n) is 6.56. The van der Waals surface area contributed by atoms with E-state index >= 15 is 0 Å². The van der Waals surface area contributed by atoms with Gasteiger partial charge in [0.1, 0.15) is 6.10 Å². The lowest BCUT2D eigenvalue weighted by atomic mass is 9.95. The number of carbonyl (C=O) groups is 1. The fourth-order valence-corrected chi connectivity index (χ4v) is 3.24. The Balaban J connectivity index is 2.12. The molecular formula is C14H18O5S. The van der Waals surface area contributed by atoms with Gasteiger partial charge in [-0.1, -0.05) is 17.7 Å². The minimum atomic E-state index is -3.91. The van der Waals surface area contributed by atoms with Crippen molar-refractivity contribution in [2.75, 3.05) is 13.2 Å². The predicted molar refractivity (Wildman–Crippen MR) is 72.8 cm³/mol. The van der Waals surface area contributed by atoms with Gasteiger partial charge in [0.15, 0.2) is 6.29 Å². The summed E-state index contributed by atoms with van der Waals surface area (Å²) in [4.78, 5) is 11.2. The number of aldehydes is 1. The first kappa shape index (κ1) is 15.2. The van der Waals surface area contributed by atoms with E-state index in [1.54, 1.807) is 12.1 Å². The van der Waals surface area contributed by atoms with Crippen LogP contribution in [0.5, 0.6) is 0 Å². The Morgan fingerprint density at radius 3 is 2.40 bits per heavy atom. The van der Waals surface area contributed by atoms with Crippen molar-refractivity contribution in [1.29, 1.82) is 0 Å². The van der Waals surface area contributed by atoms with Crippen LogP contribution in [0.15, 0.2) is 29.2 Å². The van der Waals surface area contributed by atoms with Crippen LogP contribution in [0.25, 0.3) is 0 Å². The van der Waals surface area contributed by atoms with Crippen molar-refractivity contribution in [2.45, 2.75) is 30.8 Å². The maximum Gasteiger partial charge on any atom is 0.297 e. The highest BCUT2D eigenvalue weighted by molar-refractivity contribution is 7.86. The zero-order valence-electron chi connectivity index (χ0n) is 11.3. The van der Waals surface area contributed by atoms with E-state index in [9.17, 15) is 13.2 Å². The molecule has 2 rings (SSSR count). The quantitative estimate of drug-likeness (QED) is 0.611. The molecule has 1 aromatic rings. The molecular weight excluding hydrogens is 280 g/mol. The summed E-state index contributed by atoms with van der Waals surface area (Å²) in [5, 5.41) is 0. The molecule has 0 N–H and O–H groups in total. The Hall–Kier alpha value is -1.24. The van der Waals surface area contributed by atoms with Gasteiger partial charge < -0.3 is 9.53 Å². The largest absolute Gasteiger partial charge is 0.381 e. The summed E-state index contributed by atoms with van der Waals surface area (Å²) in [7, 11) is -3.91. The molecule has 0 saturated carbocycles. The van der Waals surface area contributed by atoms with Crippen LogP contribution in [-0.4, -0.2) is 34.0 Å². The molecule has 0 radical (unpaired) electrons. The molecule has 0 bridgehead atoms. The lowest BCUT2D eigenvalue weighted by Crippen LogP contribution is -2.32. The Labute approximate surface area is 119 Å². The van der Waals surface area contributed by atoms with Crippen LogP contribution >= 0.6 is 0 Å². The van der Waals surface area contributed by atoms with Crippen molar-refractivity contribution in [2.24, 2.45) is 5.92 Å². The van der Waals surface area contributed by atoms with E-state index in [4.69, 9.17) is 8.92 Å². The third-order valence-corrected chi connectivity index (χ3v) is 4.74. The van der Waals surface area contributed by atoms with Crippen molar-refractivity contribution >= 4 is 16.4 Å². The second kappa shape index (κ2) is 6.47. The van der Waals surface area contributed by atoms with E-state index < -0.39 is 16.2 Å². The molecule has 1 aliphatic heterocycles. The summed E-state index contributed by atoms with van der Waals surface area (Å²) in [5.41, 5.74) is 0.959. The lowest BCUT2D eigenvalue weighted by molar-refractivity contribution is -0.117. The maximum atomic E-state index is 12.1. The van der Waals surface area contributed by atoms with Crippen LogP contribution in [0.3, 0.4) is 0 Å². The van der Waals surface area contributed by atoms with Gasteiger partial charge >= 0.3 is 0 Å². The topological polar surface area (TPSA) is 69.7 Å². The maximum absolute atomic E-state index is 12.1. The number of hydrogen-bond donors (Lipinski definition) is 0. The zero-order chi connectivity index (χ0) is 14.6. The first-order chi connectivity index (χ1) is 9.53. The van der Waals surface area contributed by atoms with Crippen LogP contribution in [-0.2, 0) is 23.8 Å². The summed E-state index contributed by atoms with van der Waals surface area (Å²) in [6, 6.07) is 6.36. The van der Waals surface area contributed by atoms with Crippen molar-refractivity contribution in [3.8, 4) is 0 Å². The summed E-state index contributed by atoms with van der Waals surface area (Å²) in [6.07, 6.45) is 0.895. The average molecular weight is 298 g/mol. The summed E-state index contributed by atoms with van der Waals surface area (Å²) < 4.78 is 34.6. The number of carbonyl (C=O) groups excluding carboxylic acids is 1. The van der Waals surface area contributed by atoms with Gasteiger partial charge in [0.25, 0.3) is 10.1 Å². The molecule has 20 heavy (non-hydrogen) atoms. The molecule has 0 amide bonds. The number of hydrogen-bond acceptors (Lipinski definition) is 5. The van der Waals surface area contributed by atoms with E-state index in [2.05, 4.69) is 0 Å². The molecule has 5 nitrogen and oxygen atoms in total. The van der Waals surface area contributed by atoms with E-state index in [-0.39, 0.29) is 10.8 Å². The lowest BCUT2D eigenvalue weighted by Gasteiger charge is -2.26. The Morgan fingerprint density at radius 2 is 1.85 bits per heavy atom. The van der Waals surface area contributed by atoms with Crippen molar-refractivity contribution < 1.29 is 22.1 Å². The van der Waals surface area contributed by atoms with Gasteiger partial charge in [-0.15, -0.1) is 0 Å². The molecule has 1 aliphatic rings. The molecule has 0 spiro atoms. The fraction of sp³-hybridized carbons (Fsp3) is 0.500. The van der Waals surface area contributed by atoms with Crippen LogP contribution in [0.1, 0.15) is 18.4 Å². The third-order valence-electron chi connectivity index (χ3n) is 3.41. The summed E-state index contributed by atoms with van der Waals surface area (Å²) >= 11 is 0. The highest BCUT2D eigenvalue weighted by Crippen LogP contribution is 2.24. The number of rotatable bonds is 5. The highest BCUT2D eigenvalue weighted by atomic mass is 32.2. The van der Waals surface area contributed by atoms with Crippen LogP contribution in [0.4, 0.5) is 0 Å². The Morgan fingerprint density at radius 1 is 1.25 bits per heavy atom. The zero-order valence-corrected chi connectivity index (χ0v) is 12.1. The van der Waals surface area contributed by atoms with Crippen molar-refractivity contribution in [3.05, 3.63) is 29.8 Å². The molecule has 1 heterocycles. The van der Waals surface area contributed by atoms with E-state index in [0.29, 0.717) is 32.3 Å². The minimum Gasteiger partial charge on any atom is -0.381 e. The molecule has 110 valence electrons. The van der Waals surface area contributed by atoms with Gasteiger partial charge in [0.2, 0.25) is 0 Å². The van der Waals surface area contributed by atoms with Crippen LogP contribution in [0.2, 0.25) is 0 Å². The van der Waals surface area contributed by atoms with E-state index in [1.165, 1.54) is 12.1 Å². The molecule has 6 heteroatoms. The molecule has 1 aromatic carbocycles. The molecule has 0 aliphatic carbocycles. The molecule has 1 saturated heterocycles. The Kier molecular flexibility index (Phi) is 4.91. The third kappa shape index (κ3) is 3.65. The smallest absolute Gasteiger partial charge is 0.297 e. The molecule has 1 fully saturated rings. The highest BCUT2D eigenvalue weighted by Gasteiger charge is 2.29. The van der Waals surface area contributed by atoms with Crippen molar-refractivity contribution in [1.82, 2.24) is 0 Å². The van der Waals surface area contributed by atoms with Gasteiger partial charge in [0.05, 0.1) is 4.90 Å². The summed E-state index contributed by atoms with van der Waals surface area (Å²) in [6.45, 7) is 2.93. The first-order valence-corrected chi connectivity index (χ1v) is 7.97. The second-order valence-corrected chi connectivity index (χ2v) is 6.49. The van der Waals surface area contributed by atoms with Gasteiger partial charge in [-0.25, -0.2) is 0 Å². The monoisotopic (exact) mass is 298 g/mol. The van der Waals surface area contributed by atoms with E-state index in [1.807, 2.05) is 6.92 Å². The van der Waals surface area contributed by atoms with Gasteiger partial charge in [-0.05, 0) is 37.8 Å². The second-order valence-electron chi connectivity index (χ2n) is 4.91. The standard InChI is InChI=1S/C14H18O5S/c1-11-2-4-13(5-3-11)20(16,17)19-14(10-15)12-6-8-18-9-7-12/h2-5,10,12,14H,6-9H2,1H3. The SMILES string of the molecule is Cc1ccc(S(=O)(=O)OC(C=O)C2CCOCC2)cc1. The van der Waals surface area contributed by atoms with Gasteiger partial charge in [-0.3, -0.25) is 4.18 Å². The number of ether oxygens (including phenoxy) is 1. The normalized spacial score (nSPS) is 18.6. The molecule has 1 atom stereocenters. The Bertz CT molecular complexity index is 543. The van der Waals surface area contributed by atoms with Gasteiger partial charge in [-0.2, -0.15) is 8.42 Å². The fourth-order valence-electron chi connectivity index (χ4n) is 2.16. The van der Waals surface area contributed by atoms with Crippen molar-refractivity contribution in [3.63, 3.8) is 0 Å².